The third-order valence-electron chi connectivity index (χ3n) is 2.61. The molecule has 7 heteroatoms. The van der Waals surface area contributed by atoms with Crippen LogP contribution in [-0.4, -0.2) is 34.0 Å². The predicted octanol–water partition coefficient (Wildman–Crippen LogP) is -0.230. The lowest BCUT2D eigenvalue weighted by atomic mass is 10.1. The topological polar surface area (TPSA) is 130 Å². The number of carboxylic acids is 1. The molecule has 0 aliphatic rings. The Morgan fingerprint density at radius 2 is 1.80 bits per heavy atom. The van der Waals surface area contributed by atoms with Crippen LogP contribution in [0.3, 0.4) is 0 Å². The molecule has 1 aromatic rings. The summed E-state index contributed by atoms with van der Waals surface area (Å²) in [7, 11) is 0. The maximum atomic E-state index is 11.7. The number of aromatic hydroxyl groups is 1. The van der Waals surface area contributed by atoms with E-state index in [-0.39, 0.29) is 25.0 Å². The van der Waals surface area contributed by atoms with Gasteiger partial charge in [-0.1, -0.05) is 12.1 Å². The highest BCUT2D eigenvalue weighted by Crippen LogP contribution is 2.10. The van der Waals surface area contributed by atoms with Gasteiger partial charge in [0.1, 0.15) is 11.8 Å². The Labute approximate surface area is 115 Å². The van der Waals surface area contributed by atoms with Gasteiger partial charge in [-0.15, -0.1) is 0 Å². The third kappa shape index (κ3) is 5.38. The van der Waals surface area contributed by atoms with Crippen LogP contribution < -0.4 is 11.1 Å². The minimum absolute atomic E-state index is 0.0133. The van der Waals surface area contributed by atoms with Crippen molar-refractivity contribution in [2.45, 2.75) is 25.3 Å². The zero-order chi connectivity index (χ0) is 15.1. The maximum absolute atomic E-state index is 11.7. The van der Waals surface area contributed by atoms with Gasteiger partial charge in [0.15, 0.2) is 0 Å². The highest BCUT2D eigenvalue weighted by molar-refractivity contribution is 5.85. The molecular weight excluding hydrogens is 264 g/mol. The first-order chi connectivity index (χ1) is 9.38. The fourth-order valence-corrected chi connectivity index (χ4v) is 1.59. The first-order valence-corrected chi connectivity index (χ1v) is 5.97. The quantitative estimate of drug-likeness (QED) is 0.548. The molecule has 20 heavy (non-hydrogen) atoms. The van der Waals surface area contributed by atoms with Crippen LogP contribution in [0.15, 0.2) is 24.3 Å². The predicted molar refractivity (Wildman–Crippen MR) is 69.8 cm³/mol. The largest absolute Gasteiger partial charge is 0.508 e. The molecule has 0 fully saturated rings. The second kappa shape index (κ2) is 7.13. The molecule has 0 saturated carbocycles. The van der Waals surface area contributed by atoms with Crippen LogP contribution in [0.4, 0.5) is 0 Å². The minimum Gasteiger partial charge on any atom is -0.508 e. The Hall–Kier alpha value is -2.57. The van der Waals surface area contributed by atoms with Gasteiger partial charge < -0.3 is 21.3 Å². The Kier molecular flexibility index (Phi) is 5.52. The van der Waals surface area contributed by atoms with Gasteiger partial charge in [0, 0.05) is 6.42 Å². The molecule has 1 aromatic carbocycles. The summed E-state index contributed by atoms with van der Waals surface area (Å²) in [5, 5.41) is 20.4. The lowest BCUT2D eigenvalue weighted by Crippen LogP contribution is -2.42. The van der Waals surface area contributed by atoms with Crippen molar-refractivity contribution in [2.24, 2.45) is 5.73 Å². The van der Waals surface area contributed by atoms with Gasteiger partial charge in [-0.25, -0.2) is 4.79 Å². The van der Waals surface area contributed by atoms with Crippen LogP contribution in [0.1, 0.15) is 18.4 Å². The number of amides is 2. The van der Waals surface area contributed by atoms with Crippen LogP contribution in [0.5, 0.6) is 5.75 Å². The summed E-state index contributed by atoms with van der Waals surface area (Å²) in [4.78, 5) is 33.3. The first kappa shape index (κ1) is 15.5. The van der Waals surface area contributed by atoms with Gasteiger partial charge in [0.05, 0.1) is 6.42 Å². The monoisotopic (exact) mass is 280 g/mol. The van der Waals surface area contributed by atoms with Crippen LogP contribution in [0.2, 0.25) is 0 Å². The van der Waals surface area contributed by atoms with Gasteiger partial charge in [-0.3, -0.25) is 9.59 Å². The number of hydrogen-bond donors (Lipinski definition) is 4. The number of carbonyl (C=O) groups is 3. The van der Waals surface area contributed by atoms with E-state index in [1.807, 2.05) is 0 Å². The van der Waals surface area contributed by atoms with Gasteiger partial charge >= 0.3 is 5.97 Å². The van der Waals surface area contributed by atoms with Gasteiger partial charge in [-0.2, -0.15) is 0 Å². The normalized spacial score (nSPS) is 11.6. The lowest BCUT2D eigenvalue weighted by molar-refractivity contribution is -0.142. The molecule has 1 rings (SSSR count). The molecule has 2 amide bonds. The molecule has 0 saturated heterocycles. The first-order valence-electron chi connectivity index (χ1n) is 5.97. The molecule has 0 aliphatic heterocycles. The fraction of sp³-hybridized carbons (Fsp3) is 0.308. The molecule has 0 bridgehead atoms. The van der Waals surface area contributed by atoms with E-state index in [9.17, 15) is 14.4 Å². The molecular formula is C13H16N2O5. The molecule has 1 unspecified atom stereocenters. The fourth-order valence-electron chi connectivity index (χ4n) is 1.59. The van der Waals surface area contributed by atoms with E-state index in [0.29, 0.717) is 5.56 Å². The molecule has 0 spiro atoms. The number of phenolic OH excluding ortho intramolecular Hbond substituents is 1. The highest BCUT2D eigenvalue weighted by Gasteiger charge is 2.20. The molecule has 108 valence electrons. The van der Waals surface area contributed by atoms with E-state index in [1.54, 1.807) is 12.1 Å². The summed E-state index contributed by atoms with van der Waals surface area (Å²) in [6, 6.07) is 4.85. The number of hydrogen-bond acceptors (Lipinski definition) is 4. The molecule has 0 radical (unpaired) electrons. The number of nitrogens with two attached hydrogens (primary N) is 1. The van der Waals surface area contributed by atoms with E-state index >= 15 is 0 Å². The van der Waals surface area contributed by atoms with Crippen molar-refractivity contribution in [1.29, 1.82) is 0 Å². The standard InChI is InChI=1S/C13H16N2O5/c14-11(17)6-5-10(13(19)20)15-12(18)7-8-1-3-9(16)4-2-8/h1-4,10,16H,5-7H2,(H2,14,17)(H,15,18)(H,19,20). The number of aliphatic carboxylic acids is 1. The second-order valence-electron chi connectivity index (χ2n) is 4.31. The Bertz CT molecular complexity index is 498. The molecule has 7 nitrogen and oxygen atoms in total. The number of carboxylic acid groups (broad SMARTS) is 1. The number of carbonyl (C=O) groups excluding carboxylic acids is 2. The van der Waals surface area contributed by atoms with Crippen LogP contribution in [-0.2, 0) is 20.8 Å². The van der Waals surface area contributed by atoms with Crippen molar-refractivity contribution in [3.63, 3.8) is 0 Å². The average molecular weight is 280 g/mol. The molecule has 0 aromatic heterocycles. The number of rotatable bonds is 7. The summed E-state index contributed by atoms with van der Waals surface area (Å²) in [5.41, 5.74) is 5.58. The van der Waals surface area contributed by atoms with Crippen LogP contribution >= 0.6 is 0 Å². The summed E-state index contributed by atoms with van der Waals surface area (Å²) in [5.74, 6) is -2.24. The zero-order valence-electron chi connectivity index (χ0n) is 10.7. The Morgan fingerprint density at radius 1 is 1.20 bits per heavy atom. The van der Waals surface area contributed by atoms with Crippen molar-refractivity contribution in [1.82, 2.24) is 5.32 Å². The van der Waals surface area contributed by atoms with Gasteiger partial charge in [0.25, 0.3) is 0 Å². The van der Waals surface area contributed by atoms with Crippen molar-refractivity contribution in [3.8, 4) is 5.75 Å². The summed E-state index contributed by atoms with van der Waals surface area (Å²) in [6.07, 6.45) is -0.178. The molecule has 0 heterocycles. The minimum atomic E-state index is -1.22. The summed E-state index contributed by atoms with van der Waals surface area (Å²) in [6.45, 7) is 0. The SMILES string of the molecule is NC(=O)CCC(NC(=O)Cc1ccc(O)cc1)C(=O)O. The van der Waals surface area contributed by atoms with E-state index in [4.69, 9.17) is 15.9 Å². The second-order valence-corrected chi connectivity index (χ2v) is 4.31. The summed E-state index contributed by atoms with van der Waals surface area (Å²) < 4.78 is 0. The zero-order valence-corrected chi connectivity index (χ0v) is 10.7. The van der Waals surface area contributed by atoms with Crippen molar-refractivity contribution in [2.75, 3.05) is 0 Å². The van der Waals surface area contributed by atoms with E-state index in [2.05, 4.69) is 5.32 Å². The highest BCUT2D eigenvalue weighted by atomic mass is 16.4. The third-order valence-corrected chi connectivity index (χ3v) is 2.61. The Morgan fingerprint density at radius 3 is 2.30 bits per heavy atom. The number of benzene rings is 1. The van der Waals surface area contributed by atoms with Crippen molar-refractivity contribution < 1.29 is 24.6 Å². The molecule has 1 atom stereocenters. The van der Waals surface area contributed by atoms with Crippen LogP contribution in [0.25, 0.3) is 0 Å². The molecule has 0 aliphatic carbocycles. The van der Waals surface area contributed by atoms with Gasteiger partial charge in [0.2, 0.25) is 11.8 Å². The van der Waals surface area contributed by atoms with E-state index in [0.717, 1.165) is 0 Å². The number of primary amides is 1. The van der Waals surface area contributed by atoms with Gasteiger partial charge in [-0.05, 0) is 24.1 Å². The summed E-state index contributed by atoms with van der Waals surface area (Å²) >= 11 is 0. The molecule has 5 N–H and O–H groups in total. The Balaban J connectivity index is 2.55. The lowest BCUT2D eigenvalue weighted by Gasteiger charge is -2.13. The van der Waals surface area contributed by atoms with E-state index < -0.39 is 23.8 Å². The van der Waals surface area contributed by atoms with Crippen LogP contribution in [0, 0.1) is 0 Å². The number of nitrogens with one attached hydrogen (secondary N) is 1. The van der Waals surface area contributed by atoms with E-state index in [1.165, 1.54) is 12.1 Å². The van der Waals surface area contributed by atoms with Crippen molar-refractivity contribution >= 4 is 17.8 Å². The number of phenols is 1. The smallest absolute Gasteiger partial charge is 0.326 e. The van der Waals surface area contributed by atoms with Crippen molar-refractivity contribution in [3.05, 3.63) is 29.8 Å². The maximum Gasteiger partial charge on any atom is 0.326 e. The average Bonchev–Trinajstić information content (AvgIpc) is 2.36.